The van der Waals surface area contributed by atoms with Gasteiger partial charge in [0.2, 0.25) is 6.08 Å². The zero-order chi connectivity index (χ0) is 9.68. The van der Waals surface area contributed by atoms with Crippen molar-refractivity contribution in [3.8, 4) is 0 Å². The first-order valence-corrected chi connectivity index (χ1v) is 4.39. The monoisotopic (exact) mass is 183 g/mol. The first kappa shape index (κ1) is 9.93. The van der Waals surface area contributed by atoms with Crippen LogP contribution in [0.5, 0.6) is 0 Å². The molecule has 0 aromatic heterocycles. The second-order valence-electron chi connectivity index (χ2n) is 3.33. The van der Waals surface area contributed by atoms with Crippen molar-refractivity contribution >= 4 is 12.0 Å². The van der Waals surface area contributed by atoms with Gasteiger partial charge in [0.15, 0.2) is 0 Å². The third-order valence-corrected chi connectivity index (χ3v) is 2.49. The van der Waals surface area contributed by atoms with Crippen molar-refractivity contribution in [3.63, 3.8) is 0 Å². The summed E-state index contributed by atoms with van der Waals surface area (Å²) in [5.41, 5.74) is 0. The summed E-state index contributed by atoms with van der Waals surface area (Å²) >= 11 is 0. The zero-order valence-electron chi connectivity index (χ0n) is 7.66. The summed E-state index contributed by atoms with van der Waals surface area (Å²) < 4.78 is 4.64. The SMILES string of the molecule is COC(=O)C1CCC(CN=C=O)C1. The maximum atomic E-state index is 11.1. The molecule has 0 saturated heterocycles. The van der Waals surface area contributed by atoms with Crippen LogP contribution in [-0.4, -0.2) is 25.7 Å². The minimum Gasteiger partial charge on any atom is -0.469 e. The molecule has 1 saturated carbocycles. The Kier molecular flexibility index (Phi) is 3.65. The molecule has 4 heteroatoms. The van der Waals surface area contributed by atoms with Crippen molar-refractivity contribution in [3.05, 3.63) is 0 Å². The van der Waals surface area contributed by atoms with Crippen LogP contribution in [-0.2, 0) is 14.3 Å². The molecule has 0 spiro atoms. The van der Waals surface area contributed by atoms with E-state index in [2.05, 4.69) is 9.73 Å². The lowest BCUT2D eigenvalue weighted by Gasteiger charge is -2.06. The number of methoxy groups -OCH3 is 1. The number of carbonyl (C=O) groups excluding carboxylic acids is 2. The highest BCUT2D eigenvalue weighted by Gasteiger charge is 2.30. The molecule has 0 aromatic carbocycles. The standard InChI is InChI=1S/C9H13NO3/c1-13-9(12)8-3-2-7(4-8)5-10-6-11/h7-8H,2-5H2,1H3. The first-order valence-electron chi connectivity index (χ1n) is 4.39. The summed E-state index contributed by atoms with van der Waals surface area (Å²) in [5, 5.41) is 0. The molecule has 0 amide bonds. The molecule has 2 unspecified atom stereocenters. The van der Waals surface area contributed by atoms with Crippen LogP contribution in [0.2, 0.25) is 0 Å². The van der Waals surface area contributed by atoms with Crippen LogP contribution in [0, 0.1) is 11.8 Å². The fourth-order valence-electron chi connectivity index (χ4n) is 1.79. The van der Waals surface area contributed by atoms with Gasteiger partial charge in [-0.15, -0.1) is 0 Å². The smallest absolute Gasteiger partial charge is 0.308 e. The number of isocyanates is 1. The van der Waals surface area contributed by atoms with Gasteiger partial charge in [-0.05, 0) is 25.2 Å². The molecule has 1 aliphatic carbocycles. The first-order chi connectivity index (χ1) is 6.27. The molecule has 0 radical (unpaired) electrons. The Labute approximate surface area is 77.0 Å². The summed E-state index contributed by atoms with van der Waals surface area (Å²) in [6, 6.07) is 0. The van der Waals surface area contributed by atoms with E-state index in [1.165, 1.54) is 13.2 Å². The topological polar surface area (TPSA) is 55.7 Å². The van der Waals surface area contributed by atoms with Gasteiger partial charge in [0.25, 0.3) is 0 Å². The molecule has 4 nitrogen and oxygen atoms in total. The average molecular weight is 183 g/mol. The van der Waals surface area contributed by atoms with E-state index in [4.69, 9.17) is 0 Å². The van der Waals surface area contributed by atoms with Gasteiger partial charge in [-0.1, -0.05) is 0 Å². The second-order valence-corrected chi connectivity index (χ2v) is 3.33. The predicted octanol–water partition coefficient (Wildman–Crippen LogP) is 0.911. The number of esters is 1. The van der Waals surface area contributed by atoms with Crippen molar-refractivity contribution in [2.45, 2.75) is 19.3 Å². The van der Waals surface area contributed by atoms with E-state index >= 15 is 0 Å². The minimum absolute atomic E-state index is 0.0110. The molecule has 2 atom stereocenters. The van der Waals surface area contributed by atoms with Crippen molar-refractivity contribution < 1.29 is 14.3 Å². The minimum atomic E-state index is -0.141. The Morgan fingerprint density at radius 2 is 2.38 bits per heavy atom. The number of hydrogen-bond donors (Lipinski definition) is 0. The zero-order valence-corrected chi connectivity index (χ0v) is 7.66. The average Bonchev–Trinajstić information content (AvgIpc) is 2.62. The van der Waals surface area contributed by atoms with E-state index in [1.807, 2.05) is 0 Å². The summed E-state index contributed by atoms with van der Waals surface area (Å²) in [7, 11) is 1.40. The van der Waals surface area contributed by atoms with E-state index in [-0.39, 0.29) is 11.9 Å². The fraction of sp³-hybridized carbons (Fsp3) is 0.778. The van der Waals surface area contributed by atoms with Gasteiger partial charge in [-0.3, -0.25) is 4.79 Å². The van der Waals surface area contributed by atoms with Crippen LogP contribution >= 0.6 is 0 Å². The maximum absolute atomic E-state index is 11.1. The van der Waals surface area contributed by atoms with Gasteiger partial charge in [-0.25, -0.2) is 9.79 Å². The van der Waals surface area contributed by atoms with Crippen molar-refractivity contribution in [1.29, 1.82) is 0 Å². The molecule has 1 rings (SSSR count). The molecule has 0 N–H and O–H groups in total. The van der Waals surface area contributed by atoms with Crippen LogP contribution in [0.25, 0.3) is 0 Å². The number of nitrogens with zero attached hydrogens (tertiary/aromatic N) is 1. The van der Waals surface area contributed by atoms with Gasteiger partial charge in [0, 0.05) is 0 Å². The predicted molar refractivity (Wildman–Crippen MR) is 45.8 cm³/mol. The number of ether oxygens (including phenoxy) is 1. The van der Waals surface area contributed by atoms with Gasteiger partial charge in [0.1, 0.15) is 0 Å². The van der Waals surface area contributed by atoms with Crippen LogP contribution in [0.4, 0.5) is 0 Å². The van der Waals surface area contributed by atoms with E-state index in [9.17, 15) is 9.59 Å². The quantitative estimate of drug-likeness (QED) is 0.371. The lowest BCUT2D eigenvalue weighted by Crippen LogP contribution is -2.13. The Morgan fingerprint density at radius 3 is 3.00 bits per heavy atom. The van der Waals surface area contributed by atoms with Gasteiger partial charge < -0.3 is 4.74 Å². The number of rotatable bonds is 3. The second kappa shape index (κ2) is 4.77. The van der Waals surface area contributed by atoms with Crippen LogP contribution in [0.1, 0.15) is 19.3 Å². The molecule has 1 fully saturated rings. The Hall–Kier alpha value is -1.15. The highest BCUT2D eigenvalue weighted by atomic mass is 16.5. The summed E-state index contributed by atoms with van der Waals surface area (Å²) in [4.78, 5) is 24.5. The molecule has 13 heavy (non-hydrogen) atoms. The van der Waals surface area contributed by atoms with Gasteiger partial charge in [0.05, 0.1) is 19.6 Å². The maximum Gasteiger partial charge on any atom is 0.308 e. The largest absolute Gasteiger partial charge is 0.469 e. The van der Waals surface area contributed by atoms with E-state index in [0.717, 1.165) is 19.3 Å². The highest BCUT2D eigenvalue weighted by molar-refractivity contribution is 5.72. The summed E-state index contributed by atoms with van der Waals surface area (Å²) in [5.74, 6) is 0.222. The molecule has 0 heterocycles. The Balaban J connectivity index is 2.35. The van der Waals surface area contributed by atoms with E-state index < -0.39 is 0 Å². The molecular weight excluding hydrogens is 170 g/mol. The Bertz CT molecular complexity index is 233. The molecular formula is C9H13NO3. The van der Waals surface area contributed by atoms with Crippen LogP contribution < -0.4 is 0 Å². The third-order valence-electron chi connectivity index (χ3n) is 2.49. The third kappa shape index (κ3) is 2.67. The lowest BCUT2D eigenvalue weighted by atomic mass is 10.1. The molecule has 72 valence electrons. The Morgan fingerprint density at radius 1 is 1.62 bits per heavy atom. The van der Waals surface area contributed by atoms with Crippen LogP contribution in [0.3, 0.4) is 0 Å². The van der Waals surface area contributed by atoms with Crippen molar-refractivity contribution in [1.82, 2.24) is 0 Å². The van der Waals surface area contributed by atoms with Crippen molar-refractivity contribution in [2.24, 2.45) is 16.8 Å². The molecule has 0 aromatic rings. The van der Waals surface area contributed by atoms with Gasteiger partial charge >= 0.3 is 5.97 Å². The number of carbonyl (C=O) groups is 1. The highest BCUT2D eigenvalue weighted by Crippen LogP contribution is 2.31. The fourth-order valence-corrected chi connectivity index (χ4v) is 1.79. The molecule has 1 aliphatic rings. The van der Waals surface area contributed by atoms with Crippen molar-refractivity contribution in [2.75, 3.05) is 13.7 Å². The van der Waals surface area contributed by atoms with Crippen LogP contribution in [0.15, 0.2) is 4.99 Å². The summed E-state index contributed by atoms with van der Waals surface area (Å²) in [6.07, 6.45) is 4.10. The lowest BCUT2D eigenvalue weighted by molar-refractivity contribution is -0.145. The summed E-state index contributed by atoms with van der Waals surface area (Å²) in [6.45, 7) is 0.497. The number of hydrogen-bond acceptors (Lipinski definition) is 4. The molecule has 0 bridgehead atoms. The molecule has 0 aliphatic heterocycles. The van der Waals surface area contributed by atoms with Gasteiger partial charge in [-0.2, -0.15) is 0 Å². The number of aliphatic imine (C=N–C) groups is 1. The normalized spacial score (nSPS) is 26.5. The van der Waals surface area contributed by atoms with E-state index in [0.29, 0.717) is 12.5 Å². The van der Waals surface area contributed by atoms with E-state index in [1.54, 1.807) is 0 Å².